The molecule has 0 radical (unpaired) electrons. The van der Waals surface area contributed by atoms with Gasteiger partial charge in [0.15, 0.2) is 0 Å². The second kappa shape index (κ2) is 7.99. The maximum absolute atomic E-state index is 12.7. The molecule has 0 aromatic heterocycles. The van der Waals surface area contributed by atoms with Crippen LogP contribution in [0, 0.1) is 6.92 Å². The van der Waals surface area contributed by atoms with Crippen LogP contribution in [0.5, 0.6) is 0 Å². The number of nitrogens with zero attached hydrogens (tertiary/aromatic N) is 1. The van der Waals surface area contributed by atoms with Crippen molar-refractivity contribution in [1.82, 2.24) is 0 Å². The SMILES string of the molecule is Cc1ccc2c(c1)/C(=N/OC(=O)c1ccc(C(F)(F)F)cc1)c1ccccc1CS2. The van der Waals surface area contributed by atoms with E-state index in [0.29, 0.717) is 5.71 Å². The summed E-state index contributed by atoms with van der Waals surface area (Å²) in [6.45, 7) is 1.97. The van der Waals surface area contributed by atoms with Crippen molar-refractivity contribution in [3.8, 4) is 0 Å². The van der Waals surface area contributed by atoms with E-state index in [0.717, 1.165) is 57.2 Å². The summed E-state index contributed by atoms with van der Waals surface area (Å²) in [6, 6.07) is 17.6. The number of benzene rings is 3. The molecule has 1 aliphatic heterocycles. The van der Waals surface area contributed by atoms with Crippen molar-refractivity contribution < 1.29 is 22.8 Å². The van der Waals surface area contributed by atoms with Gasteiger partial charge in [-0.3, -0.25) is 0 Å². The molecular formula is C23H16F3NO2S. The van der Waals surface area contributed by atoms with Gasteiger partial charge in [-0.05, 0) is 48.9 Å². The van der Waals surface area contributed by atoms with Crippen molar-refractivity contribution in [2.45, 2.75) is 23.7 Å². The lowest BCUT2D eigenvalue weighted by Gasteiger charge is -2.10. The Kier molecular flexibility index (Phi) is 5.39. The molecule has 4 rings (SSSR count). The van der Waals surface area contributed by atoms with E-state index in [1.807, 2.05) is 49.4 Å². The minimum absolute atomic E-state index is 0.00639. The van der Waals surface area contributed by atoms with E-state index in [1.165, 1.54) is 0 Å². The number of carbonyl (C=O) groups excluding carboxylic acids is 1. The molecule has 30 heavy (non-hydrogen) atoms. The zero-order valence-corrected chi connectivity index (χ0v) is 16.7. The Morgan fingerprint density at radius 3 is 2.47 bits per heavy atom. The smallest absolute Gasteiger partial charge is 0.312 e. The molecule has 7 heteroatoms. The Hall–Kier alpha value is -3.06. The number of halogens is 3. The molecule has 3 aromatic carbocycles. The molecule has 3 nitrogen and oxygen atoms in total. The predicted molar refractivity (Wildman–Crippen MR) is 110 cm³/mol. The third kappa shape index (κ3) is 4.11. The van der Waals surface area contributed by atoms with Gasteiger partial charge in [0.2, 0.25) is 0 Å². The molecule has 3 aromatic rings. The molecule has 0 spiro atoms. The normalized spacial score (nSPS) is 14.6. The van der Waals surface area contributed by atoms with Gasteiger partial charge in [0.05, 0.1) is 11.1 Å². The molecule has 152 valence electrons. The molecule has 0 saturated heterocycles. The topological polar surface area (TPSA) is 38.7 Å². The molecule has 0 unspecified atom stereocenters. The summed E-state index contributed by atoms with van der Waals surface area (Å²) >= 11 is 1.67. The number of carbonyl (C=O) groups is 1. The van der Waals surface area contributed by atoms with Crippen LogP contribution in [0.25, 0.3) is 0 Å². The molecule has 1 heterocycles. The first kappa shape index (κ1) is 20.2. The van der Waals surface area contributed by atoms with E-state index >= 15 is 0 Å². The van der Waals surface area contributed by atoms with Gasteiger partial charge in [0, 0.05) is 21.8 Å². The fourth-order valence-corrected chi connectivity index (χ4v) is 4.20. The number of thioether (sulfide) groups is 1. The van der Waals surface area contributed by atoms with E-state index in [9.17, 15) is 18.0 Å². The first-order valence-corrected chi connectivity index (χ1v) is 10.1. The van der Waals surface area contributed by atoms with Crippen LogP contribution in [0.15, 0.2) is 76.8 Å². The van der Waals surface area contributed by atoms with Crippen molar-refractivity contribution in [2.24, 2.45) is 5.16 Å². The highest BCUT2D eigenvalue weighted by atomic mass is 32.2. The third-order valence-corrected chi connectivity index (χ3v) is 5.84. The molecule has 0 bridgehead atoms. The van der Waals surface area contributed by atoms with Crippen molar-refractivity contribution in [1.29, 1.82) is 0 Å². The Morgan fingerprint density at radius 2 is 1.73 bits per heavy atom. The quantitative estimate of drug-likeness (QED) is 0.360. The summed E-state index contributed by atoms with van der Waals surface area (Å²) in [5.41, 5.74) is 3.49. The maximum atomic E-state index is 12.7. The average molecular weight is 427 g/mol. The molecule has 0 aliphatic carbocycles. The fourth-order valence-electron chi connectivity index (χ4n) is 3.17. The second-order valence-corrected chi connectivity index (χ2v) is 7.86. The number of alkyl halides is 3. The molecule has 0 N–H and O–H groups in total. The second-order valence-electron chi connectivity index (χ2n) is 6.84. The van der Waals surface area contributed by atoms with Gasteiger partial charge in [0.1, 0.15) is 5.71 Å². The maximum Gasteiger partial charge on any atom is 0.416 e. The molecule has 1 aliphatic rings. The van der Waals surface area contributed by atoms with E-state index in [4.69, 9.17) is 4.84 Å². The fraction of sp³-hybridized carbons (Fsp3) is 0.130. The Labute approximate surface area is 175 Å². The van der Waals surface area contributed by atoms with Crippen molar-refractivity contribution in [2.75, 3.05) is 0 Å². The first-order chi connectivity index (χ1) is 14.3. The largest absolute Gasteiger partial charge is 0.416 e. The number of oxime groups is 1. The minimum atomic E-state index is -4.47. The van der Waals surface area contributed by atoms with Gasteiger partial charge in [0.25, 0.3) is 0 Å². The van der Waals surface area contributed by atoms with E-state index in [2.05, 4.69) is 5.16 Å². The van der Waals surface area contributed by atoms with Crippen LogP contribution in [-0.4, -0.2) is 11.7 Å². The predicted octanol–water partition coefficient (Wildman–Crippen LogP) is 6.23. The van der Waals surface area contributed by atoms with E-state index in [-0.39, 0.29) is 5.56 Å². The minimum Gasteiger partial charge on any atom is -0.312 e. The summed E-state index contributed by atoms with van der Waals surface area (Å²) in [4.78, 5) is 18.6. The summed E-state index contributed by atoms with van der Waals surface area (Å²) < 4.78 is 38.2. The van der Waals surface area contributed by atoms with Gasteiger partial charge in [-0.1, -0.05) is 41.1 Å². The lowest BCUT2D eigenvalue weighted by atomic mass is 9.97. The highest BCUT2D eigenvalue weighted by Crippen LogP contribution is 2.35. The third-order valence-electron chi connectivity index (χ3n) is 4.71. The zero-order chi connectivity index (χ0) is 21.3. The highest BCUT2D eigenvalue weighted by molar-refractivity contribution is 7.98. The molecule has 0 saturated carbocycles. The number of aryl methyl sites for hydroxylation is 1. The zero-order valence-electron chi connectivity index (χ0n) is 15.9. The van der Waals surface area contributed by atoms with Crippen molar-refractivity contribution >= 4 is 23.4 Å². The Bertz CT molecular complexity index is 1140. The standard InChI is InChI=1S/C23H16F3NO2S/c1-14-6-11-20-19(12-14)21(18-5-3-2-4-16(18)13-30-20)27-29-22(28)15-7-9-17(10-8-15)23(24,25)26/h2-12H,13H2,1H3/b27-21+. The lowest BCUT2D eigenvalue weighted by molar-refractivity contribution is -0.137. The van der Waals surface area contributed by atoms with Gasteiger partial charge in [-0.25, -0.2) is 4.79 Å². The van der Waals surface area contributed by atoms with Gasteiger partial charge < -0.3 is 4.84 Å². The summed E-state index contributed by atoms with van der Waals surface area (Å²) in [6.07, 6.45) is -4.47. The van der Waals surface area contributed by atoms with Crippen LogP contribution in [-0.2, 0) is 16.8 Å². The van der Waals surface area contributed by atoms with Crippen LogP contribution in [0.4, 0.5) is 13.2 Å². The van der Waals surface area contributed by atoms with Gasteiger partial charge in [-0.15, -0.1) is 11.8 Å². The van der Waals surface area contributed by atoms with Crippen LogP contribution >= 0.6 is 11.8 Å². The first-order valence-electron chi connectivity index (χ1n) is 9.11. The summed E-state index contributed by atoms with van der Waals surface area (Å²) in [5.74, 6) is -0.0715. The van der Waals surface area contributed by atoms with Gasteiger partial charge in [-0.2, -0.15) is 13.2 Å². The van der Waals surface area contributed by atoms with Crippen LogP contribution in [0.3, 0.4) is 0 Å². The summed E-state index contributed by atoms with van der Waals surface area (Å²) in [5, 5.41) is 4.15. The van der Waals surface area contributed by atoms with E-state index in [1.54, 1.807) is 11.8 Å². The number of rotatable bonds is 2. The number of hydrogen-bond acceptors (Lipinski definition) is 4. The van der Waals surface area contributed by atoms with Crippen molar-refractivity contribution in [3.63, 3.8) is 0 Å². The monoisotopic (exact) mass is 427 g/mol. The molecular weight excluding hydrogens is 411 g/mol. The molecule has 0 fully saturated rings. The number of hydrogen-bond donors (Lipinski definition) is 0. The van der Waals surface area contributed by atoms with Gasteiger partial charge >= 0.3 is 12.1 Å². The Morgan fingerprint density at radius 1 is 1.00 bits per heavy atom. The molecule has 0 amide bonds. The van der Waals surface area contributed by atoms with Crippen molar-refractivity contribution in [3.05, 3.63) is 100 Å². The average Bonchev–Trinajstić information content (AvgIpc) is 2.88. The van der Waals surface area contributed by atoms with E-state index < -0.39 is 17.7 Å². The molecule has 0 atom stereocenters. The lowest BCUT2D eigenvalue weighted by Crippen LogP contribution is -2.10. The van der Waals surface area contributed by atoms with Crippen LogP contribution < -0.4 is 0 Å². The van der Waals surface area contributed by atoms with Crippen LogP contribution in [0.1, 0.15) is 38.2 Å². The number of fused-ring (bicyclic) bond motifs is 2. The highest BCUT2D eigenvalue weighted by Gasteiger charge is 2.30. The van der Waals surface area contributed by atoms with Crippen LogP contribution in [0.2, 0.25) is 0 Å². The Balaban J connectivity index is 1.69. The summed E-state index contributed by atoms with van der Waals surface area (Å²) in [7, 11) is 0.